The molecular weight excluding hydrogens is 342 g/mol. The van der Waals surface area contributed by atoms with Crippen molar-refractivity contribution < 1.29 is 9.53 Å². The van der Waals surface area contributed by atoms with Gasteiger partial charge in [0, 0.05) is 58.9 Å². The average molecular weight is 371 g/mol. The smallest absolute Gasteiger partial charge is 0.255 e. The molecule has 1 amide bonds. The maximum atomic E-state index is 12.8. The van der Waals surface area contributed by atoms with Crippen molar-refractivity contribution in [2.75, 3.05) is 45.3 Å². The Balaban J connectivity index is 1.57. The van der Waals surface area contributed by atoms with Crippen molar-refractivity contribution in [2.45, 2.75) is 26.3 Å². The lowest BCUT2D eigenvalue weighted by Gasteiger charge is -2.32. The summed E-state index contributed by atoms with van der Waals surface area (Å²) in [6, 6.07) is 3.80. The number of nitrogens with zero attached hydrogens (tertiary/aromatic N) is 5. The Bertz CT molecular complexity index is 741. The normalized spacial score (nSPS) is 17.1. The van der Waals surface area contributed by atoms with Gasteiger partial charge in [-0.3, -0.25) is 4.79 Å². The minimum absolute atomic E-state index is 0.0616. The van der Waals surface area contributed by atoms with Gasteiger partial charge in [0.25, 0.3) is 5.91 Å². The van der Waals surface area contributed by atoms with Gasteiger partial charge in [-0.2, -0.15) is 0 Å². The molecule has 7 nitrogen and oxygen atoms in total. The van der Waals surface area contributed by atoms with Crippen LogP contribution in [0.2, 0.25) is 0 Å². The number of likely N-dealkylation sites (N-methyl/N-ethyl adjacent to an activating group) is 1. The average Bonchev–Trinajstić information content (AvgIpc) is 3.11. The molecule has 0 bridgehead atoms. The molecule has 1 aliphatic rings. The minimum Gasteiger partial charge on any atom is -0.384 e. The highest BCUT2D eigenvalue weighted by atomic mass is 16.5. The molecule has 0 radical (unpaired) electrons. The van der Waals surface area contributed by atoms with Crippen LogP contribution in [0.4, 0.5) is 5.82 Å². The molecule has 2 aromatic rings. The summed E-state index contributed by atoms with van der Waals surface area (Å²) in [6.45, 7) is 5.95. The highest BCUT2D eigenvalue weighted by molar-refractivity contribution is 5.94. The fourth-order valence-electron chi connectivity index (χ4n) is 3.55. The van der Waals surface area contributed by atoms with Gasteiger partial charge in [0.15, 0.2) is 0 Å². The van der Waals surface area contributed by atoms with Crippen molar-refractivity contribution >= 4 is 11.7 Å². The molecule has 0 aromatic carbocycles. The molecule has 0 aliphatic carbocycles. The molecule has 0 spiro atoms. The van der Waals surface area contributed by atoms with Crippen LogP contribution in [0, 0.1) is 12.8 Å². The molecule has 1 saturated heterocycles. The summed E-state index contributed by atoms with van der Waals surface area (Å²) in [4.78, 5) is 25.5. The van der Waals surface area contributed by atoms with E-state index in [1.54, 1.807) is 13.3 Å². The van der Waals surface area contributed by atoms with Gasteiger partial charge >= 0.3 is 0 Å². The lowest BCUT2D eigenvalue weighted by atomic mass is 9.98. The lowest BCUT2D eigenvalue weighted by molar-refractivity contribution is 0.0570. The fourth-order valence-corrected chi connectivity index (χ4v) is 3.55. The van der Waals surface area contributed by atoms with E-state index in [4.69, 9.17) is 4.74 Å². The first kappa shape index (κ1) is 19.4. The third kappa shape index (κ3) is 4.86. The number of hydrogen-bond acceptors (Lipinski definition) is 5. The number of methoxy groups -OCH3 is 1. The van der Waals surface area contributed by atoms with Crippen molar-refractivity contribution in [3.8, 4) is 0 Å². The number of pyridine rings is 1. The largest absolute Gasteiger partial charge is 0.384 e. The zero-order valence-corrected chi connectivity index (χ0v) is 16.5. The zero-order chi connectivity index (χ0) is 19.2. The molecule has 1 fully saturated rings. The molecule has 0 saturated carbocycles. The predicted molar refractivity (Wildman–Crippen MR) is 105 cm³/mol. The van der Waals surface area contributed by atoms with Crippen LogP contribution in [0.25, 0.3) is 0 Å². The van der Waals surface area contributed by atoms with Crippen LogP contribution in [0.5, 0.6) is 0 Å². The van der Waals surface area contributed by atoms with E-state index in [2.05, 4.69) is 19.4 Å². The van der Waals surface area contributed by atoms with Crippen LogP contribution in [0.3, 0.4) is 0 Å². The van der Waals surface area contributed by atoms with Gasteiger partial charge in [0.2, 0.25) is 0 Å². The number of ether oxygens (including phenoxy) is 1. The highest BCUT2D eigenvalue weighted by Crippen LogP contribution is 2.19. The molecule has 1 aliphatic heterocycles. The molecule has 146 valence electrons. The second-order valence-electron chi connectivity index (χ2n) is 7.21. The van der Waals surface area contributed by atoms with Crippen LogP contribution in [-0.4, -0.2) is 65.7 Å². The van der Waals surface area contributed by atoms with Crippen molar-refractivity contribution in [2.24, 2.45) is 5.92 Å². The number of amides is 1. The second-order valence-corrected chi connectivity index (χ2v) is 7.21. The number of carbonyl (C=O) groups is 1. The predicted octanol–water partition coefficient (Wildman–Crippen LogP) is 2.22. The first-order valence-electron chi connectivity index (χ1n) is 9.51. The molecule has 27 heavy (non-hydrogen) atoms. The van der Waals surface area contributed by atoms with Crippen molar-refractivity contribution in [1.82, 2.24) is 19.4 Å². The quantitative estimate of drug-likeness (QED) is 0.747. The molecule has 1 atom stereocenters. The van der Waals surface area contributed by atoms with Crippen molar-refractivity contribution in [3.05, 3.63) is 42.1 Å². The SMILES string of the molecule is COC[C@@H]1CCCN(C(=O)c2ccc(N(C)CCn3ccnc3C)nc2)C1. The highest BCUT2D eigenvalue weighted by Gasteiger charge is 2.24. The van der Waals surface area contributed by atoms with Crippen LogP contribution >= 0.6 is 0 Å². The Hall–Kier alpha value is -2.41. The monoisotopic (exact) mass is 371 g/mol. The van der Waals surface area contributed by atoms with Gasteiger partial charge in [-0.1, -0.05) is 0 Å². The molecule has 0 N–H and O–H groups in total. The number of likely N-dealkylation sites (tertiary alicyclic amines) is 1. The van der Waals surface area contributed by atoms with Crippen LogP contribution < -0.4 is 4.90 Å². The van der Waals surface area contributed by atoms with Gasteiger partial charge < -0.3 is 19.1 Å². The number of anilines is 1. The van der Waals surface area contributed by atoms with E-state index in [1.807, 2.05) is 43.4 Å². The molecule has 3 rings (SSSR count). The number of piperidine rings is 1. The summed E-state index contributed by atoms with van der Waals surface area (Å²) in [6.07, 6.45) is 7.63. The molecule has 0 unspecified atom stereocenters. The summed E-state index contributed by atoms with van der Waals surface area (Å²) >= 11 is 0. The Labute approximate surface area is 161 Å². The number of carbonyl (C=O) groups excluding carboxylic acids is 1. The van der Waals surface area contributed by atoms with Crippen LogP contribution in [0.1, 0.15) is 29.0 Å². The number of aromatic nitrogens is 3. The Morgan fingerprint density at radius 1 is 1.37 bits per heavy atom. The topological polar surface area (TPSA) is 63.5 Å². The standard InChI is InChI=1S/C20H29N5O2/c1-16-21-8-10-24(16)12-11-23(2)19-7-6-18(13-22-19)20(26)25-9-4-5-17(14-25)15-27-3/h6-8,10,13,17H,4-5,9,11-12,14-15H2,1-3H3/t17-/m1/s1. The Morgan fingerprint density at radius 2 is 2.22 bits per heavy atom. The first-order chi connectivity index (χ1) is 13.1. The lowest BCUT2D eigenvalue weighted by Crippen LogP contribution is -2.41. The van der Waals surface area contributed by atoms with E-state index >= 15 is 0 Å². The van der Waals surface area contributed by atoms with Crippen molar-refractivity contribution in [1.29, 1.82) is 0 Å². The van der Waals surface area contributed by atoms with Crippen LogP contribution in [-0.2, 0) is 11.3 Å². The van der Waals surface area contributed by atoms with E-state index < -0.39 is 0 Å². The fraction of sp³-hybridized carbons (Fsp3) is 0.550. The minimum atomic E-state index is 0.0616. The summed E-state index contributed by atoms with van der Waals surface area (Å²) in [5, 5.41) is 0. The maximum absolute atomic E-state index is 12.8. The molecule has 3 heterocycles. The van der Waals surface area contributed by atoms with Crippen molar-refractivity contribution in [3.63, 3.8) is 0 Å². The van der Waals surface area contributed by atoms with E-state index in [0.29, 0.717) is 18.1 Å². The Kier molecular flexibility index (Phi) is 6.45. The third-order valence-corrected chi connectivity index (χ3v) is 5.19. The molecule has 7 heteroatoms. The Morgan fingerprint density at radius 3 is 2.89 bits per heavy atom. The van der Waals surface area contributed by atoms with Gasteiger partial charge in [0.05, 0.1) is 12.2 Å². The number of hydrogen-bond donors (Lipinski definition) is 0. The summed E-state index contributed by atoms with van der Waals surface area (Å²) in [5.41, 5.74) is 0.649. The number of imidazole rings is 1. The van der Waals surface area contributed by atoms with Gasteiger partial charge in [-0.25, -0.2) is 9.97 Å². The van der Waals surface area contributed by atoms with E-state index in [0.717, 1.165) is 50.7 Å². The third-order valence-electron chi connectivity index (χ3n) is 5.19. The maximum Gasteiger partial charge on any atom is 0.255 e. The van der Waals surface area contributed by atoms with Gasteiger partial charge in [-0.15, -0.1) is 0 Å². The van der Waals surface area contributed by atoms with Gasteiger partial charge in [-0.05, 0) is 37.8 Å². The van der Waals surface area contributed by atoms with E-state index in [9.17, 15) is 4.79 Å². The van der Waals surface area contributed by atoms with E-state index in [-0.39, 0.29) is 5.91 Å². The summed E-state index contributed by atoms with van der Waals surface area (Å²) < 4.78 is 7.37. The van der Waals surface area contributed by atoms with E-state index in [1.165, 1.54) is 0 Å². The summed E-state index contributed by atoms with van der Waals surface area (Å²) in [7, 11) is 3.73. The first-order valence-corrected chi connectivity index (χ1v) is 9.51. The second kappa shape index (κ2) is 8.99. The zero-order valence-electron chi connectivity index (χ0n) is 16.5. The summed E-state index contributed by atoms with van der Waals surface area (Å²) in [5.74, 6) is 2.36. The molecular formula is C20H29N5O2. The van der Waals surface area contributed by atoms with Crippen LogP contribution in [0.15, 0.2) is 30.7 Å². The number of rotatable bonds is 7. The molecule has 2 aromatic heterocycles. The number of aryl methyl sites for hydroxylation is 1. The van der Waals surface area contributed by atoms with Gasteiger partial charge in [0.1, 0.15) is 11.6 Å².